The molecule has 0 radical (unpaired) electrons. The summed E-state index contributed by atoms with van der Waals surface area (Å²) in [6.45, 7) is 0. The first kappa shape index (κ1) is 9.21. The molecule has 1 aromatic carbocycles. The molecule has 0 aliphatic heterocycles. The summed E-state index contributed by atoms with van der Waals surface area (Å²) in [4.78, 5) is 10.8. The van der Waals surface area contributed by atoms with Gasteiger partial charge in [0.25, 0.3) is 0 Å². The molecule has 1 N–H and O–H groups in total. The van der Waals surface area contributed by atoms with Gasteiger partial charge in [-0.1, -0.05) is 6.07 Å². The lowest BCUT2D eigenvalue weighted by Crippen LogP contribution is -2.08. The summed E-state index contributed by atoms with van der Waals surface area (Å²) < 4.78 is 5.00. The van der Waals surface area contributed by atoms with E-state index in [1.165, 1.54) is 0 Å². The molecule has 1 saturated carbocycles. The molecule has 3 heteroatoms. The Morgan fingerprint density at radius 3 is 2.71 bits per heavy atom. The lowest BCUT2D eigenvalue weighted by atomic mass is 10.0. The van der Waals surface area contributed by atoms with Crippen LogP contribution in [0.15, 0.2) is 18.2 Å². The van der Waals surface area contributed by atoms with Crippen molar-refractivity contribution in [3.63, 3.8) is 0 Å². The minimum absolute atomic E-state index is 0.518. The second kappa shape index (κ2) is 3.10. The maximum Gasteiger partial charge on any atom is 0.150 e. The van der Waals surface area contributed by atoms with Crippen molar-refractivity contribution in [2.75, 3.05) is 7.11 Å². The Bertz CT molecular complexity index is 367. The second-order valence-electron chi connectivity index (χ2n) is 3.60. The summed E-state index contributed by atoms with van der Waals surface area (Å²) >= 11 is 0. The topological polar surface area (TPSA) is 46.5 Å². The van der Waals surface area contributed by atoms with Crippen molar-refractivity contribution >= 4 is 6.29 Å². The number of hydrogen-bond donors (Lipinski definition) is 1. The van der Waals surface area contributed by atoms with Crippen molar-refractivity contribution < 1.29 is 14.6 Å². The van der Waals surface area contributed by atoms with Gasteiger partial charge in [-0.2, -0.15) is 0 Å². The largest absolute Gasteiger partial charge is 0.497 e. The standard InChI is InChI=1S/C11H12O3/c1-14-9-2-3-10(8(6-9)7-12)11(13)4-5-11/h2-3,6-7,13H,4-5H2,1H3. The summed E-state index contributed by atoms with van der Waals surface area (Å²) in [5.74, 6) is 0.639. The number of aldehydes is 1. The Kier molecular flexibility index (Phi) is 2.04. The normalized spacial score (nSPS) is 17.6. The second-order valence-corrected chi connectivity index (χ2v) is 3.60. The molecule has 1 aromatic rings. The van der Waals surface area contributed by atoms with E-state index in [9.17, 15) is 9.90 Å². The van der Waals surface area contributed by atoms with E-state index in [-0.39, 0.29) is 0 Å². The highest BCUT2D eigenvalue weighted by Crippen LogP contribution is 2.46. The highest BCUT2D eigenvalue weighted by Gasteiger charge is 2.43. The molecule has 3 nitrogen and oxygen atoms in total. The van der Waals surface area contributed by atoms with Crippen LogP contribution in [-0.2, 0) is 5.60 Å². The van der Waals surface area contributed by atoms with Crippen molar-refractivity contribution in [3.05, 3.63) is 29.3 Å². The molecule has 0 aromatic heterocycles. The molecule has 74 valence electrons. The van der Waals surface area contributed by atoms with Crippen LogP contribution < -0.4 is 4.74 Å². The highest BCUT2D eigenvalue weighted by atomic mass is 16.5. The van der Waals surface area contributed by atoms with Crippen LogP contribution >= 0.6 is 0 Å². The third kappa shape index (κ3) is 1.40. The van der Waals surface area contributed by atoms with Crippen molar-refractivity contribution in [1.82, 2.24) is 0 Å². The lowest BCUT2D eigenvalue weighted by Gasteiger charge is -2.11. The molecule has 0 amide bonds. The van der Waals surface area contributed by atoms with E-state index in [0.29, 0.717) is 16.9 Å². The van der Waals surface area contributed by atoms with Gasteiger partial charge in [0, 0.05) is 5.56 Å². The molecule has 0 heterocycles. The van der Waals surface area contributed by atoms with E-state index in [4.69, 9.17) is 4.74 Å². The quantitative estimate of drug-likeness (QED) is 0.738. The van der Waals surface area contributed by atoms with Crippen LogP contribution in [0, 0.1) is 0 Å². The van der Waals surface area contributed by atoms with Crippen molar-refractivity contribution in [2.45, 2.75) is 18.4 Å². The fourth-order valence-corrected chi connectivity index (χ4v) is 1.58. The van der Waals surface area contributed by atoms with Crippen LogP contribution in [0.2, 0.25) is 0 Å². The van der Waals surface area contributed by atoms with E-state index in [1.54, 1.807) is 25.3 Å². The van der Waals surface area contributed by atoms with E-state index >= 15 is 0 Å². The molecule has 2 rings (SSSR count). The fourth-order valence-electron chi connectivity index (χ4n) is 1.58. The van der Waals surface area contributed by atoms with Gasteiger partial charge in [0.1, 0.15) is 5.75 Å². The zero-order chi connectivity index (χ0) is 10.2. The summed E-state index contributed by atoms with van der Waals surface area (Å²) in [6.07, 6.45) is 2.23. The zero-order valence-electron chi connectivity index (χ0n) is 7.99. The number of aliphatic hydroxyl groups is 1. The van der Waals surface area contributed by atoms with Gasteiger partial charge in [-0.25, -0.2) is 0 Å². The first-order chi connectivity index (χ1) is 6.69. The predicted molar refractivity (Wildman–Crippen MR) is 51.5 cm³/mol. The first-order valence-electron chi connectivity index (χ1n) is 4.56. The first-order valence-corrected chi connectivity index (χ1v) is 4.56. The average Bonchev–Trinajstić information content (AvgIpc) is 2.96. The molecule has 1 aliphatic rings. The number of rotatable bonds is 3. The molecule has 0 atom stereocenters. The maximum absolute atomic E-state index is 10.8. The molecular formula is C11H12O3. The van der Waals surface area contributed by atoms with Crippen LogP contribution in [0.4, 0.5) is 0 Å². The van der Waals surface area contributed by atoms with Crippen LogP contribution in [0.3, 0.4) is 0 Å². The number of benzene rings is 1. The van der Waals surface area contributed by atoms with Crippen molar-refractivity contribution in [3.8, 4) is 5.75 Å². The Morgan fingerprint density at radius 1 is 1.50 bits per heavy atom. The van der Waals surface area contributed by atoms with Crippen LogP contribution in [0.1, 0.15) is 28.8 Å². The molecule has 1 aliphatic carbocycles. The van der Waals surface area contributed by atoms with Gasteiger partial charge in [0.05, 0.1) is 12.7 Å². The van der Waals surface area contributed by atoms with Gasteiger partial charge in [0.2, 0.25) is 0 Å². The molecule has 1 fully saturated rings. The average molecular weight is 192 g/mol. The Morgan fingerprint density at radius 2 is 2.21 bits per heavy atom. The van der Waals surface area contributed by atoms with Crippen LogP contribution in [0.25, 0.3) is 0 Å². The van der Waals surface area contributed by atoms with Gasteiger partial charge in [-0.3, -0.25) is 4.79 Å². The van der Waals surface area contributed by atoms with E-state index < -0.39 is 5.60 Å². The minimum Gasteiger partial charge on any atom is -0.497 e. The monoisotopic (exact) mass is 192 g/mol. The third-order valence-electron chi connectivity index (χ3n) is 2.61. The van der Waals surface area contributed by atoms with Gasteiger partial charge < -0.3 is 9.84 Å². The van der Waals surface area contributed by atoms with E-state index in [2.05, 4.69) is 0 Å². The van der Waals surface area contributed by atoms with E-state index in [0.717, 1.165) is 19.1 Å². The molecular weight excluding hydrogens is 180 g/mol. The number of hydrogen-bond acceptors (Lipinski definition) is 3. The number of carbonyl (C=O) groups excluding carboxylic acids is 1. The SMILES string of the molecule is COc1ccc(C2(O)CC2)c(C=O)c1. The van der Waals surface area contributed by atoms with Gasteiger partial charge in [0.15, 0.2) is 6.29 Å². The minimum atomic E-state index is -0.761. The van der Waals surface area contributed by atoms with Gasteiger partial charge in [-0.15, -0.1) is 0 Å². The van der Waals surface area contributed by atoms with Crippen LogP contribution in [-0.4, -0.2) is 18.5 Å². The zero-order valence-corrected chi connectivity index (χ0v) is 7.99. The highest BCUT2D eigenvalue weighted by molar-refractivity contribution is 5.79. The van der Waals surface area contributed by atoms with Crippen molar-refractivity contribution in [1.29, 1.82) is 0 Å². The Labute approximate surface area is 82.3 Å². The summed E-state index contributed by atoms with van der Waals surface area (Å²) in [6, 6.07) is 5.17. The third-order valence-corrected chi connectivity index (χ3v) is 2.61. The lowest BCUT2D eigenvalue weighted by molar-refractivity contribution is 0.110. The molecule has 0 unspecified atom stereocenters. The number of methoxy groups -OCH3 is 1. The molecule has 0 saturated heterocycles. The number of ether oxygens (including phenoxy) is 1. The number of carbonyl (C=O) groups is 1. The predicted octanol–water partition coefficient (Wildman–Crippen LogP) is 1.49. The smallest absolute Gasteiger partial charge is 0.150 e. The fraction of sp³-hybridized carbons (Fsp3) is 0.364. The molecule has 14 heavy (non-hydrogen) atoms. The van der Waals surface area contributed by atoms with Crippen molar-refractivity contribution in [2.24, 2.45) is 0 Å². The summed E-state index contributed by atoms with van der Waals surface area (Å²) in [5, 5.41) is 9.88. The maximum atomic E-state index is 10.8. The molecule has 0 spiro atoms. The van der Waals surface area contributed by atoms with Crippen LogP contribution in [0.5, 0.6) is 5.75 Å². The molecule has 0 bridgehead atoms. The Hall–Kier alpha value is -1.35. The van der Waals surface area contributed by atoms with E-state index in [1.807, 2.05) is 0 Å². The summed E-state index contributed by atoms with van der Waals surface area (Å²) in [7, 11) is 1.55. The Balaban J connectivity index is 2.45. The van der Waals surface area contributed by atoms with Gasteiger partial charge in [-0.05, 0) is 30.5 Å². The summed E-state index contributed by atoms with van der Waals surface area (Å²) in [5.41, 5.74) is 0.473. The van der Waals surface area contributed by atoms with Gasteiger partial charge >= 0.3 is 0 Å².